The number of hydrogen-bond donors (Lipinski definition) is 0. The summed E-state index contributed by atoms with van der Waals surface area (Å²) in [4.78, 5) is 21.5. The number of nitrogens with zero attached hydrogens (tertiary/aromatic N) is 3. The number of β-lactam (4-membered cyclic amide) rings is 1. The van der Waals surface area contributed by atoms with E-state index in [4.69, 9.17) is 0 Å². The van der Waals surface area contributed by atoms with E-state index in [0.29, 0.717) is 17.2 Å². The predicted octanol–water partition coefficient (Wildman–Crippen LogP) is 1.35. The molecule has 0 radical (unpaired) electrons. The minimum absolute atomic E-state index is 0.294. The van der Waals surface area contributed by atoms with E-state index < -0.39 is 0 Å². The standard InChI is InChI=1S/C12H15N3OS2/c16-11-4-8-3-9(7-15(8)11)18-10-5-14(6-10)12-13-1-2-17-12/h7-8,10H,1-6H2/t8-/m1/s1. The topological polar surface area (TPSA) is 35.9 Å². The number of rotatable bonds is 2. The third-order valence-electron chi connectivity index (χ3n) is 3.82. The lowest BCUT2D eigenvalue weighted by Crippen LogP contribution is -2.50. The van der Waals surface area contributed by atoms with Crippen LogP contribution in [0.4, 0.5) is 0 Å². The van der Waals surface area contributed by atoms with Crippen molar-refractivity contribution in [2.24, 2.45) is 4.99 Å². The van der Waals surface area contributed by atoms with Crippen molar-refractivity contribution in [1.82, 2.24) is 9.80 Å². The van der Waals surface area contributed by atoms with Crippen molar-refractivity contribution in [1.29, 1.82) is 0 Å². The van der Waals surface area contributed by atoms with Gasteiger partial charge >= 0.3 is 0 Å². The number of hydrogen-bond acceptors (Lipinski definition) is 5. The van der Waals surface area contributed by atoms with Crippen LogP contribution in [0.15, 0.2) is 16.1 Å². The first kappa shape index (κ1) is 11.2. The molecule has 1 amide bonds. The third kappa shape index (κ3) is 1.77. The van der Waals surface area contributed by atoms with Crippen LogP contribution in [0.3, 0.4) is 0 Å². The molecule has 1 atom stereocenters. The molecule has 4 aliphatic rings. The molecule has 0 aromatic heterocycles. The zero-order valence-corrected chi connectivity index (χ0v) is 11.7. The van der Waals surface area contributed by atoms with Crippen LogP contribution in [0, 0.1) is 0 Å². The monoisotopic (exact) mass is 281 g/mol. The van der Waals surface area contributed by atoms with Crippen LogP contribution in [0.25, 0.3) is 0 Å². The summed E-state index contributed by atoms with van der Waals surface area (Å²) in [6.45, 7) is 3.22. The summed E-state index contributed by atoms with van der Waals surface area (Å²) in [5.41, 5.74) is 0. The van der Waals surface area contributed by atoms with E-state index in [-0.39, 0.29) is 0 Å². The molecule has 4 heterocycles. The van der Waals surface area contributed by atoms with Gasteiger partial charge in [-0.25, -0.2) is 0 Å². The molecule has 0 N–H and O–H groups in total. The summed E-state index contributed by atoms with van der Waals surface area (Å²) in [5, 5.41) is 1.93. The van der Waals surface area contributed by atoms with Crippen molar-refractivity contribution < 1.29 is 4.79 Å². The van der Waals surface area contributed by atoms with Gasteiger partial charge in [-0.1, -0.05) is 11.8 Å². The molecule has 0 aliphatic carbocycles. The van der Waals surface area contributed by atoms with Crippen LogP contribution < -0.4 is 0 Å². The number of carbonyl (C=O) groups is 1. The Morgan fingerprint density at radius 1 is 1.39 bits per heavy atom. The lowest BCUT2D eigenvalue weighted by molar-refractivity contribution is -0.140. The van der Waals surface area contributed by atoms with Gasteiger partial charge in [0, 0.05) is 54.1 Å². The van der Waals surface area contributed by atoms with Crippen LogP contribution in [-0.4, -0.2) is 57.6 Å². The van der Waals surface area contributed by atoms with Gasteiger partial charge in [0.2, 0.25) is 5.91 Å². The van der Waals surface area contributed by atoms with Gasteiger partial charge in [-0.2, -0.15) is 0 Å². The molecule has 0 unspecified atom stereocenters. The molecular formula is C12H15N3OS2. The van der Waals surface area contributed by atoms with E-state index >= 15 is 0 Å². The number of fused-ring (bicyclic) bond motifs is 1. The Morgan fingerprint density at radius 2 is 2.28 bits per heavy atom. The molecule has 2 saturated heterocycles. The summed E-state index contributed by atoms with van der Waals surface area (Å²) >= 11 is 3.85. The molecule has 4 aliphatic heterocycles. The van der Waals surface area contributed by atoms with Gasteiger partial charge in [-0.15, -0.1) is 11.8 Å². The zero-order chi connectivity index (χ0) is 12.1. The third-order valence-corrected chi connectivity index (χ3v) is 6.06. The van der Waals surface area contributed by atoms with E-state index in [1.807, 2.05) is 28.4 Å². The maximum Gasteiger partial charge on any atom is 0.228 e. The summed E-state index contributed by atoms with van der Waals surface area (Å²) < 4.78 is 0. The van der Waals surface area contributed by atoms with Crippen LogP contribution in [-0.2, 0) is 4.79 Å². The molecule has 4 nitrogen and oxygen atoms in total. The summed E-state index contributed by atoms with van der Waals surface area (Å²) in [6, 6.07) is 0.492. The van der Waals surface area contributed by atoms with Gasteiger partial charge in [0.1, 0.15) is 0 Å². The minimum Gasteiger partial charge on any atom is -0.349 e. The highest BCUT2D eigenvalue weighted by atomic mass is 32.2. The Balaban J connectivity index is 1.29. The van der Waals surface area contributed by atoms with Crippen molar-refractivity contribution in [3.05, 3.63) is 11.1 Å². The van der Waals surface area contributed by atoms with Crippen molar-refractivity contribution in [3.8, 4) is 0 Å². The lowest BCUT2D eigenvalue weighted by Gasteiger charge is -2.40. The number of thioether (sulfide) groups is 2. The van der Waals surface area contributed by atoms with Crippen LogP contribution in [0.1, 0.15) is 12.8 Å². The fourth-order valence-electron chi connectivity index (χ4n) is 2.76. The Hall–Kier alpha value is -0.620. The SMILES string of the molecule is O=C1C[C@H]2CC(SC3CN(C4=NCCS4)C3)=CN12. The number of amides is 1. The fraction of sp³-hybridized carbons (Fsp3) is 0.667. The zero-order valence-electron chi connectivity index (χ0n) is 10.0. The minimum atomic E-state index is 0.294. The molecule has 6 heteroatoms. The van der Waals surface area contributed by atoms with Gasteiger partial charge in [0.25, 0.3) is 0 Å². The average molecular weight is 281 g/mol. The Bertz CT molecular complexity index is 456. The molecule has 18 heavy (non-hydrogen) atoms. The largest absolute Gasteiger partial charge is 0.349 e. The van der Waals surface area contributed by atoms with Crippen LogP contribution in [0.5, 0.6) is 0 Å². The molecular weight excluding hydrogens is 266 g/mol. The second-order valence-electron chi connectivity index (χ2n) is 5.12. The van der Waals surface area contributed by atoms with Crippen molar-refractivity contribution in [2.75, 3.05) is 25.4 Å². The van der Waals surface area contributed by atoms with Crippen molar-refractivity contribution in [2.45, 2.75) is 24.1 Å². The van der Waals surface area contributed by atoms with Gasteiger partial charge in [-0.05, 0) is 0 Å². The number of likely N-dealkylation sites (tertiary alicyclic amines) is 1. The summed E-state index contributed by atoms with van der Waals surface area (Å²) in [6.07, 6.45) is 3.92. The van der Waals surface area contributed by atoms with E-state index in [2.05, 4.69) is 16.1 Å². The van der Waals surface area contributed by atoms with E-state index in [1.54, 1.807) is 0 Å². The smallest absolute Gasteiger partial charge is 0.228 e. The Morgan fingerprint density at radius 3 is 2.94 bits per heavy atom. The fourth-order valence-corrected chi connectivity index (χ4v) is 5.04. The molecule has 0 aromatic carbocycles. The first-order chi connectivity index (χ1) is 8.79. The normalized spacial score (nSPS) is 30.9. The highest BCUT2D eigenvalue weighted by Gasteiger charge is 2.41. The van der Waals surface area contributed by atoms with E-state index in [1.165, 1.54) is 10.1 Å². The van der Waals surface area contributed by atoms with Crippen molar-refractivity contribution in [3.63, 3.8) is 0 Å². The summed E-state index contributed by atoms with van der Waals surface area (Å²) in [7, 11) is 0. The lowest BCUT2D eigenvalue weighted by atomic mass is 10.0. The first-order valence-electron chi connectivity index (χ1n) is 6.40. The maximum atomic E-state index is 11.3. The second kappa shape index (κ2) is 4.20. The highest BCUT2D eigenvalue weighted by molar-refractivity contribution is 8.14. The van der Waals surface area contributed by atoms with Crippen LogP contribution >= 0.6 is 23.5 Å². The van der Waals surface area contributed by atoms with E-state index in [9.17, 15) is 4.79 Å². The van der Waals surface area contributed by atoms with E-state index in [0.717, 1.165) is 38.2 Å². The van der Waals surface area contributed by atoms with Gasteiger partial charge in [0.05, 0.1) is 6.54 Å². The molecule has 0 spiro atoms. The summed E-state index contributed by atoms with van der Waals surface area (Å²) in [5.74, 6) is 1.44. The molecule has 0 bridgehead atoms. The van der Waals surface area contributed by atoms with Crippen LogP contribution in [0.2, 0.25) is 0 Å². The predicted molar refractivity (Wildman–Crippen MR) is 75.7 cm³/mol. The first-order valence-corrected chi connectivity index (χ1v) is 8.27. The number of aliphatic imine (C=N–C) groups is 1. The quantitative estimate of drug-likeness (QED) is 0.716. The van der Waals surface area contributed by atoms with Gasteiger partial charge < -0.3 is 9.80 Å². The Kier molecular flexibility index (Phi) is 2.62. The number of carbonyl (C=O) groups excluding carboxylic acids is 1. The second-order valence-corrected chi connectivity index (χ2v) is 7.60. The molecule has 96 valence electrons. The maximum absolute atomic E-state index is 11.3. The number of amidine groups is 1. The molecule has 4 rings (SSSR count). The molecule has 2 fully saturated rings. The van der Waals surface area contributed by atoms with Gasteiger partial charge in [-0.3, -0.25) is 9.79 Å². The van der Waals surface area contributed by atoms with Gasteiger partial charge in [0.15, 0.2) is 5.17 Å². The molecule has 0 aromatic rings. The van der Waals surface area contributed by atoms with Crippen molar-refractivity contribution >= 4 is 34.6 Å². The average Bonchev–Trinajstić information content (AvgIpc) is 2.90. The highest BCUT2D eigenvalue weighted by Crippen LogP contribution is 2.41. The Labute approximate surface area is 115 Å². The molecule has 0 saturated carbocycles.